The molecule has 0 amide bonds. The molecule has 1 N–H and O–H groups in total. The first-order valence-electron chi connectivity index (χ1n) is 7.20. The summed E-state index contributed by atoms with van der Waals surface area (Å²) in [5.74, 6) is -1.08. The maximum Gasteiger partial charge on any atom is 0.345 e. The van der Waals surface area contributed by atoms with Crippen LogP contribution in [-0.4, -0.2) is 23.1 Å². The van der Waals surface area contributed by atoms with Crippen molar-refractivity contribution >= 4 is 11.9 Å². The largest absolute Gasteiger partial charge is 0.489 e. The molecule has 5 nitrogen and oxygen atoms in total. The fourth-order valence-corrected chi connectivity index (χ4v) is 2.06. The molecule has 0 unspecified atom stereocenters. The van der Waals surface area contributed by atoms with Crippen LogP contribution in [0.3, 0.4) is 0 Å². The van der Waals surface area contributed by atoms with Crippen LogP contribution in [0.25, 0.3) is 0 Å². The topological polar surface area (TPSA) is 72.8 Å². The van der Waals surface area contributed by atoms with Crippen molar-refractivity contribution in [2.24, 2.45) is 0 Å². The van der Waals surface area contributed by atoms with Gasteiger partial charge in [0.05, 0.1) is 0 Å². The maximum atomic E-state index is 11.1. The third kappa shape index (κ3) is 5.47. The Bertz CT molecular complexity index is 649. The lowest BCUT2D eigenvalue weighted by Crippen LogP contribution is -2.28. The highest BCUT2D eigenvalue weighted by molar-refractivity contribution is 5.77. The Balaban J connectivity index is 1.93. The predicted octanol–water partition coefficient (Wildman–Crippen LogP) is 2.82. The molecule has 0 aliphatic carbocycles. The lowest BCUT2D eigenvalue weighted by atomic mass is 10.1. The summed E-state index contributed by atoms with van der Waals surface area (Å²) in [6, 6.07) is 16.9. The summed E-state index contributed by atoms with van der Waals surface area (Å²) in [6.07, 6.45) is -1.06. The van der Waals surface area contributed by atoms with Gasteiger partial charge in [-0.15, -0.1) is 0 Å². The van der Waals surface area contributed by atoms with E-state index in [0.717, 1.165) is 11.1 Å². The molecule has 1 atom stereocenters. The second-order valence-electron chi connectivity index (χ2n) is 5.06. The Hall–Kier alpha value is -2.82. The number of ether oxygens (including phenoxy) is 2. The average Bonchev–Trinajstić information content (AvgIpc) is 2.54. The Labute approximate surface area is 134 Å². The molecule has 0 saturated heterocycles. The summed E-state index contributed by atoms with van der Waals surface area (Å²) in [4.78, 5) is 22.0. The molecule has 0 heterocycles. The first-order chi connectivity index (χ1) is 11.0. The Morgan fingerprint density at radius 1 is 1.00 bits per heavy atom. The molecule has 120 valence electrons. The molecule has 0 radical (unpaired) electrons. The third-order valence-electron chi connectivity index (χ3n) is 3.18. The highest BCUT2D eigenvalue weighted by Crippen LogP contribution is 2.16. The first kappa shape index (κ1) is 16.5. The molecule has 0 spiro atoms. The van der Waals surface area contributed by atoms with Crippen molar-refractivity contribution in [3.8, 4) is 5.75 Å². The molecular weight excluding hydrogens is 296 g/mol. The summed E-state index contributed by atoms with van der Waals surface area (Å²) in [5.41, 5.74) is 1.82. The predicted molar refractivity (Wildman–Crippen MR) is 84.1 cm³/mol. The zero-order valence-electron chi connectivity index (χ0n) is 12.8. The number of carbonyl (C=O) groups is 2. The van der Waals surface area contributed by atoms with E-state index in [4.69, 9.17) is 14.6 Å². The van der Waals surface area contributed by atoms with E-state index in [9.17, 15) is 9.59 Å². The Kier molecular flexibility index (Phi) is 5.74. The number of carboxylic acid groups (broad SMARTS) is 1. The molecule has 2 aromatic carbocycles. The van der Waals surface area contributed by atoms with Crippen molar-refractivity contribution in [2.75, 3.05) is 0 Å². The van der Waals surface area contributed by atoms with E-state index in [1.807, 2.05) is 30.3 Å². The standard InChI is InChI=1S/C18H18O5/c1-13(19)23-17(18(20)21)11-14-7-9-16(10-8-14)22-12-15-5-3-2-4-6-15/h2-10,17H,11-12H2,1H3,(H,20,21)/t17-/m0/s1. The number of esters is 1. The van der Waals surface area contributed by atoms with E-state index in [0.29, 0.717) is 12.4 Å². The monoisotopic (exact) mass is 314 g/mol. The van der Waals surface area contributed by atoms with Gasteiger partial charge in [0.2, 0.25) is 6.10 Å². The van der Waals surface area contributed by atoms with Crippen LogP contribution in [0, 0.1) is 0 Å². The van der Waals surface area contributed by atoms with E-state index in [2.05, 4.69) is 0 Å². The van der Waals surface area contributed by atoms with E-state index in [-0.39, 0.29) is 6.42 Å². The lowest BCUT2D eigenvalue weighted by Gasteiger charge is -2.13. The van der Waals surface area contributed by atoms with Crippen LogP contribution in [0.15, 0.2) is 54.6 Å². The SMILES string of the molecule is CC(=O)O[C@@H](Cc1ccc(OCc2ccccc2)cc1)C(=O)O. The minimum absolute atomic E-state index is 0.119. The summed E-state index contributed by atoms with van der Waals surface area (Å²) in [5, 5.41) is 9.05. The van der Waals surface area contributed by atoms with Crippen LogP contribution in [0.4, 0.5) is 0 Å². The molecule has 2 aromatic rings. The summed E-state index contributed by atoms with van der Waals surface area (Å²) >= 11 is 0. The number of hydrogen-bond donors (Lipinski definition) is 1. The van der Waals surface area contributed by atoms with Gasteiger partial charge in [0.1, 0.15) is 12.4 Å². The van der Waals surface area contributed by atoms with Crippen LogP contribution in [0.1, 0.15) is 18.1 Å². The number of rotatable bonds is 7. The molecule has 23 heavy (non-hydrogen) atoms. The van der Waals surface area contributed by atoms with Crippen molar-refractivity contribution in [2.45, 2.75) is 26.1 Å². The normalized spacial score (nSPS) is 11.5. The van der Waals surface area contributed by atoms with Crippen molar-refractivity contribution in [3.63, 3.8) is 0 Å². The van der Waals surface area contributed by atoms with Crippen molar-refractivity contribution in [3.05, 3.63) is 65.7 Å². The van der Waals surface area contributed by atoms with Gasteiger partial charge in [-0.25, -0.2) is 4.79 Å². The minimum atomic E-state index is -1.18. The van der Waals surface area contributed by atoms with Crippen LogP contribution in [-0.2, 0) is 27.4 Å². The molecular formula is C18H18O5. The zero-order valence-corrected chi connectivity index (χ0v) is 12.8. The molecule has 0 bridgehead atoms. The van der Waals surface area contributed by atoms with E-state index < -0.39 is 18.0 Å². The molecule has 0 aliphatic rings. The quantitative estimate of drug-likeness (QED) is 0.796. The van der Waals surface area contributed by atoms with Crippen LogP contribution in [0.2, 0.25) is 0 Å². The van der Waals surface area contributed by atoms with Crippen molar-refractivity contribution in [1.82, 2.24) is 0 Å². The van der Waals surface area contributed by atoms with Gasteiger partial charge in [-0.1, -0.05) is 42.5 Å². The van der Waals surface area contributed by atoms with Crippen molar-refractivity contribution < 1.29 is 24.2 Å². The Morgan fingerprint density at radius 3 is 2.22 bits per heavy atom. The third-order valence-corrected chi connectivity index (χ3v) is 3.18. The first-order valence-corrected chi connectivity index (χ1v) is 7.20. The second-order valence-corrected chi connectivity index (χ2v) is 5.06. The molecule has 5 heteroatoms. The van der Waals surface area contributed by atoms with Crippen LogP contribution >= 0.6 is 0 Å². The average molecular weight is 314 g/mol. The smallest absolute Gasteiger partial charge is 0.345 e. The maximum absolute atomic E-state index is 11.1. The number of benzene rings is 2. The van der Waals surface area contributed by atoms with Gasteiger partial charge >= 0.3 is 11.9 Å². The number of aliphatic carboxylic acids is 1. The van der Waals surface area contributed by atoms with E-state index in [1.165, 1.54) is 6.92 Å². The molecule has 0 aliphatic heterocycles. The fourth-order valence-electron chi connectivity index (χ4n) is 2.06. The van der Waals surface area contributed by atoms with Crippen LogP contribution in [0.5, 0.6) is 5.75 Å². The summed E-state index contributed by atoms with van der Waals surface area (Å²) < 4.78 is 10.4. The van der Waals surface area contributed by atoms with Gasteiger partial charge in [-0.3, -0.25) is 4.79 Å². The second kappa shape index (κ2) is 7.98. The summed E-state index contributed by atoms with van der Waals surface area (Å²) in [6.45, 7) is 1.65. The highest BCUT2D eigenvalue weighted by atomic mass is 16.6. The number of carbonyl (C=O) groups excluding carboxylic acids is 1. The van der Waals surface area contributed by atoms with Gasteiger partial charge in [-0.2, -0.15) is 0 Å². The molecule has 2 rings (SSSR count). The van der Waals surface area contributed by atoms with Gasteiger partial charge in [0.15, 0.2) is 0 Å². The molecule has 0 fully saturated rings. The van der Waals surface area contributed by atoms with Gasteiger partial charge < -0.3 is 14.6 Å². The van der Waals surface area contributed by atoms with Gasteiger partial charge in [-0.05, 0) is 23.3 Å². The highest BCUT2D eigenvalue weighted by Gasteiger charge is 2.21. The molecule has 0 aromatic heterocycles. The van der Waals surface area contributed by atoms with Crippen LogP contribution < -0.4 is 4.74 Å². The molecule has 0 saturated carbocycles. The summed E-state index contributed by atoms with van der Waals surface area (Å²) in [7, 11) is 0. The van der Waals surface area contributed by atoms with E-state index in [1.54, 1.807) is 24.3 Å². The zero-order chi connectivity index (χ0) is 16.7. The number of carboxylic acids is 1. The number of hydrogen-bond acceptors (Lipinski definition) is 4. The van der Waals surface area contributed by atoms with Gasteiger partial charge in [0.25, 0.3) is 0 Å². The van der Waals surface area contributed by atoms with Crippen molar-refractivity contribution in [1.29, 1.82) is 0 Å². The van der Waals surface area contributed by atoms with Gasteiger partial charge in [0, 0.05) is 13.3 Å². The minimum Gasteiger partial charge on any atom is -0.489 e. The lowest BCUT2D eigenvalue weighted by molar-refractivity contribution is -0.162. The fraction of sp³-hybridized carbons (Fsp3) is 0.222. The van der Waals surface area contributed by atoms with E-state index >= 15 is 0 Å². The Morgan fingerprint density at radius 2 is 1.65 bits per heavy atom.